The fourth-order valence-electron chi connectivity index (χ4n) is 7.98. The number of fused-ring (bicyclic) bond motifs is 3. The maximum Gasteiger partial charge on any atom is 0.143 e. The lowest BCUT2D eigenvalue weighted by Crippen LogP contribution is -2.11. The van der Waals surface area contributed by atoms with Crippen LogP contribution in [0.4, 0.5) is 17.1 Å². The van der Waals surface area contributed by atoms with E-state index < -0.39 is 0 Å². The number of para-hydroxylation sites is 3. The van der Waals surface area contributed by atoms with E-state index in [9.17, 15) is 0 Å². The van der Waals surface area contributed by atoms with Gasteiger partial charge in [-0.3, -0.25) is 0 Å². The van der Waals surface area contributed by atoms with E-state index in [0.717, 1.165) is 61.3 Å². The Hall–Kier alpha value is -7.42. The molecule has 9 aromatic carbocycles. The number of benzene rings is 9. The van der Waals surface area contributed by atoms with Gasteiger partial charge in [0, 0.05) is 33.3 Å². The lowest BCUT2D eigenvalue weighted by atomic mass is 9.91. The molecule has 0 radical (unpaired) electrons. The van der Waals surface area contributed by atoms with Crippen molar-refractivity contribution in [3.05, 3.63) is 224 Å². The Morgan fingerprint density at radius 2 is 0.768 bits per heavy atom. The number of anilines is 3. The molecule has 0 aliphatic carbocycles. The van der Waals surface area contributed by atoms with Crippen LogP contribution in [0.3, 0.4) is 0 Å². The number of nitrogens with zero attached hydrogens (tertiary/aromatic N) is 1. The third-order valence-corrected chi connectivity index (χ3v) is 10.7. The van der Waals surface area contributed by atoms with Gasteiger partial charge < -0.3 is 9.32 Å². The van der Waals surface area contributed by atoms with E-state index in [-0.39, 0.29) is 0 Å². The molecule has 0 fully saturated rings. The number of furan rings is 1. The van der Waals surface area contributed by atoms with E-state index in [1.807, 2.05) is 12.1 Å². The van der Waals surface area contributed by atoms with Crippen LogP contribution in [0, 0.1) is 0 Å². The molecule has 1 aromatic heterocycles. The van der Waals surface area contributed by atoms with Crippen molar-refractivity contribution >= 4 is 39.0 Å². The second-order valence-electron chi connectivity index (χ2n) is 14.1. The van der Waals surface area contributed by atoms with E-state index in [1.165, 1.54) is 33.4 Å². The summed E-state index contributed by atoms with van der Waals surface area (Å²) in [7, 11) is 0. The van der Waals surface area contributed by atoms with Crippen LogP contribution in [0.15, 0.2) is 229 Å². The van der Waals surface area contributed by atoms with Gasteiger partial charge in [-0.05, 0) is 87.0 Å². The van der Waals surface area contributed by atoms with E-state index in [2.05, 4.69) is 217 Å². The topological polar surface area (TPSA) is 16.4 Å². The molecule has 0 bridgehead atoms. The molecular formula is C54H37NO. The van der Waals surface area contributed by atoms with Crippen LogP contribution >= 0.6 is 0 Å². The number of hydrogen-bond donors (Lipinski definition) is 0. The largest absolute Gasteiger partial charge is 0.455 e. The summed E-state index contributed by atoms with van der Waals surface area (Å²) in [5, 5.41) is 2.27. The normalized spacial score (nSPS) is 11.2. The van der Waals surface area contributed by atoms with Gasteiger partial charge in [-0.1, -0.05) is 182 Å². The maximum absolute atomic E-state index is 6.42. The van der Waals surface area contributed by atoms with E-state index in [0.29, 0.717) is 0 Å². The van der Waals surface area contributed by atoms with Gasteiger partial charge in [0.25, 0.3) is 0 Å². The fraction of sp³-hybridized carbons (Fsp3) is 0. The first kappa shape index (κ1) is 33.2. The fourth-order valence-corrected chi connectivity index (χ4v) is 7.98. The van der Waals surface area contributed by atoms with E-state index >= 15 is 0 Å². The van der Waals surface area contributed by atoms with Gasteiger partial charge >= 0.3 is 0 Å². The highest BCUT2D eigenvalue weighted by molar-refractivity contribution is 6.09. The Labute approximate surface area is 327 Å². The summed E-state index contributed by atoms with van der Waals surface area (Å²) >= 11 is 0. The van der Waals surface area contributed by atoms with Gasteiger partial charge in [-0.2, -0.15) is 0 Å². The van der Waals surface area contributed by atoms with Crippen molar-refractivity contribution in [3.8, 4) is 55.6 Å². The molecule has 56 heavy (non-hydrogen) atoms. The van der Waals surface area contributed by atoms with Crippen LogP contribution in [0.1, 0.15) is 0 Å². The minimum Gasteiger partial charge on any atom is -0.455 e. The Morgan fingerprint density at radius 3 is 1.45 bits per heavy atom. The SMILES string of the molecule is c1ccc(-c2ccc(-c3ccc(N(c4ccc(-c5cccc6c5oc5ccccc56)cc4)c4ccccc4-c4ccccc4)cc3)cc2-c2ccccc2)cc1. The molecule has 0 aliphatic rings. The molecule has 0 aliphatic heterocycles. The van der Waals surface area contributed by atoms with Crippen molar-refractivity contribution < 1.29 is 4.42 Å². The molecule has 10 aromatic rings. The zero-order valence-corrected chi connectivity index (χ0v) is 30.7. The van der Waals surface area contributed by atoms with Crippen molar-refractivity contribution in [1.29, 1.82) is 0 Å². The summed E-state index contributed by atoms with van der Waals surface area (Å²) in [5.74, 6) is 0. The number of hydrogen-bond acceptors (Lipinski definition) is 2. The second kappa shape index (κ2) is 14.4. The Morgan fingerprint density at radius 1 is 0.286 bits per heavy atom. The molecule has 2 heteroatoms. The lowest BCUT2D eigenvalue weighted by Gasteiger charge is -2.28. The van der Waals surface area contributed by atoms with Gasteiger partial charge in [-0.25, -0.2) is 0 Å². The summed E-state index contributed by atoms with van der Waals surface area (Å²) in [6.45, 7) is 0. The average molecular weight is 716 g/mol. The molecule has 0 unspecified atom stereocenters. The zero-order valence-electron chi connectivity index (χ0n) is 30.7. The van der Waals surface area contributed by atoms with Gasteiger partial charge in [0.1, 0.15) is 11.2 Å². The minimum atomic E-state index is 0.905. The quantitative estimate of drug-likeness (QED) is 0.156. The molecule has 0 saturated heterocycles. The molecular weight excluding hydrogens is 679 g/mol. The Kier molecular flexibility index (Phi) is 8.55. The molecule has 2 nitrogen and oxygen atoms in total. The van der Waals surface area contributed by atoms with Gasteiger partial charge in [0.05, 0.1) is 5.69 Å². The van der Waals surface area contributed by atoms with Crippen LogP contribution < -0.4 is 4.90 Å². The van der Waals surface area contributed by atoms with Crippen molar-refractivity contribution in [2.75, 3.05) is 4.90 Å². The van der Waals surface area contributed by atoms with Crippen molar-refractivity contribution in [2.45, 2.75) is 0 Å². The van der Waals surface area contributed by atoms with Crippen molar-refractivity contribution in [2.24, 2.45) is 0 Å². The highest BCUT2D eigenvalue weighted by atomic mass is 16.3. The molecule has 0 atom stereocenters. The highest BCUT2D eigenvalue weighted by Gasteiger charge is 2.19. The van der Waals surface area contributed by atoms with Crippen LogP contribution in [0.5, 0.6) is 0 Å². The standard InChI is InChI=1S/C54H37NO/c1-4-15-39(16-5-1)46-36-31-43(37-51(46)41-19-8-3-9-20-41)38-27-32-44(33-28-38)55(52-25-12-10-21-47(52)40-17-6-2-7-18-40)45-34-29-42(30-35-45)48-23-14-24-50-49-22-11-13-26-53(49)56-54(48)50/h1-37H. The van der Waals surface area contributed by atoms with Crippen molar-refractivity contribution in [3.63, 3.8) is 0 Å². The van der Waals surface area contributed by atoms with Crippen LogP contribution in [0.25, 0.3) is 77.6 Å². The van der Waals surface area contributed by atoms with Crippen LogP contribution in [-0.2, 0) is 0 Å². The van der Waals surface area contributed by atoms with E-state index in [4.69, 9.17) is 4.42 Å². The first-order chi connectivity index (χ1) is 27.8. The lowest BCUT2D eigenvalue weighted by molar-refractivity contribution is 0.670. The summed E-state index contributed by atoms with van der Waals surface area (Å²) in [5.41, 5.74) is 16.8. The summed E-state index contributed by atoms with van der Waals surface area (Å²) < 4.78 is 6.42. The molecule has 1 heterocycles. The smallest absolute Gasteiger partial charge is 0.143 e. The predicted molar refractivity (Wildman–Crippen MR) is 236 cm³/mol. The predicted octanol–water partition coefficient (Wildman–Crippen LogP) is 15.4. The first-order valence-electron chi connectivity index (χ1n) is 19.1. The Bertz CT molecular complexity index is 2930. The monoisotopic (exact) mass is 715 g/mol. The summed E-state index contributed by atoms with van der Waals surface area (Å²) in [6, 6.07) is 80.0. The average Bonchev–Trinajstić information content (AvgIpc) is 3.67. The van der Waals surface area contributed by atoms with Gasteiger partial charge in [0.2, 0.25) is 0 Å². The summed E-state index contributed by atoms with van der Waals surface area (Å²) in [6.07, 6.45) is 0. The van der Waals surface area contributed by atoms with Gasteiger partial charge in [0.15, 0.2) is 0 Å². The highest BCUT2D eigenvalue weighted by Crippen LogP contribution is 2.43. The molecule has 10 rings (SSSR count). The molecule has 0 amide bonds. The molecule has 0 N–H and O–H groups in total. The third-order valence-electron chi connectivity index (χ3n) is 10.7. The molecule has 0 saturated carbocycles. The zero-order chi connectivity index (χ0) is 37.3. The van der Waals surface area contributed by atoms with Crippen LogP contribution in [0.2, 0.25) is 0 Å². The van der Waals surface area contributed by atoms with Gasteiger partial charge in [-0.15, -0.1) is 0 Å². The Balaban J connectivity index is 1.07. The molecule has 0 spiro atoms. The maximum atomic E-state index is 6.42. The minimum absolute atomic E-state index is 0.905. The number of rotatable bonds is 8. The van der Waals surface area contributed by atoms with Crippen molar-refractivity contribution in [1.82, 2.24) is 0 Å². The first-order valence-corrected chi connectivity index (χ1v) is 19.1. The third kappa shape index (κ3) is 6.14. The summed E-state index contributed by atoms with van der Waals surface area (Å²) in [4.78, 5) is 2.37. The van der Waals surface area contributed by atoms with Crippen LogP contribution in [-0.4, -0.2) is 0 Å². The molecule has 264 valence electrons. The van der Waals surface area contributed by atoms with E-state index in [1.54, 1.807) is 0 Å². The second-order valence-corrected chi connectivity index (χ2v) is 14.1.